The number of nitrogen functional groups attached to an aromatic ring is 2. The van der Waals surface area contributed by atoms with Gasteiger partial charge in [-0.1, -0.05) is 130 Å². The molecule has 14 amide bonds. The van der Waals surface area contributed by atoms with Gasteiger partial charge in [0.05, 0.1) is 40.2 Å². The minimum absolute atomic E-state index is 0.0968. The number of H-pyrrole nitrogens is 3. The van der Waals surface area contributed by atoms with Crippen molar-refractivity contribution in [3.05, 3.63) is 233 Å². The number of fused-ring (bicyclic) bond motifs is 2. The maximum atomic E-state index is 13.2. The Hall–Kier alpha value is -14.9. The molecule has 0 aliphatic carbocycles. The van der Waals surface area contributed by atoms with E-state index in [9.17, 15) is 62.3 Å². The fourth-order valence-corrected chi connectivity index (χ4v) is 12.5. The summed E-state index contributed by atoms with van der Waals surface area (Å²) in [6, 6.07) is 40.5. The Balaban J connectivity index is 0.000000352. The number of nitrogens with zero attached hydrogens (tertiary/aromatic N) is 6. The second kappa shape index (κ2) is 55.4. The van der Waals surface area contributed by atoms with E-state index in [-0.39, 0.29) is 76.2 Å². The highest BCUT2D eigenvalue weighted by molar-refractivity contribution is 6.35. The molecule has 0 unspecified atom stereocenters. The second-order valence-corrected chi connectivity index (χ2v) is 28.3. The molecule has 684 valence electrons. The number of rotatable bonds is 35. The number of ether oxygens (including phenoxy) is 2. The van der Waals surface area contributed by atoms with Gasteiger partial charge in [0.25, 0.3) is 40.3 Å². The maximum Gasteiger partial charge on any atom is 0.321 e. The van der Waals surface area contributed by atoms with Crippen LogP contribution in [-0.2, 0) is 10.2 Å². The lowest BCUT2D eigenvalue weighted by Crippen LogP contribution is -2.43. The van der Waals surface area contributed by atoms with Crippen LogP contribution >= 0.6 is 0 Å². The Bertz CT molecular complexity index is 5110. The number of unbranched alkanes of at least 4 members (excludes halogenated alkanes) is 9. The first kappa shape index (κ1) is 104. The third-order valence-electron chi connectivity index (χ3n) is 18.5. The predicted molar refractivity (Wildman–Crippen MR) is 497 cm³/mol. The first-order valence-electron chi connectivity index (χ1n) is 42.6. The number of nitrogens with one attached hydrogen (secondary N) is 13. The van der Waals surface area contributed by atoms with E-state index in [0.29, 0.717) is 113 Å². The average molecular weight is 1760 g/mol. The molecule has 0 saturated heterocycles. The van der Waals surface area contributed by atoms with E-state index in [4.69, 9.17) is 20.9 Å². The number of hydrogen-bond acceptors (Lipinski definition) is 22. The van der Waals surface area contributed by atoms with Gasteiger partial charge in [-0.15, -0.1) is 0 Å². The van der Waals surface area contributed by atoms with Gasteiger partial charge in [-0.2, -0.15) is 0 Å². The maximum absolute atomic E-state index is 13.2. The zero-order valence-corrected chi connectivity index (χ0v) is 74.6. The summed E-state index contributed by atoms with van der Waals surface area (Å²) in [6.07, 6.45) is 11.7. The quantitative estimate of drug-likeness (QED) is 0.00577. The molecule has 37 heteroatoms. The number of aromatic nitrogens is 6. The summed E-state index contributed by atoms with van der Waals surface area (Å²) < 4.78 is 12.2. The normalized spacial score (nSPS) is 11.2. The van der Waals surface area contributed by atoms with Crippen LogP contribution in [0.4, 0.5) is 64.6 Å². The van der Waals surface area contributed by atoms with Gasteiger partial charge in [0.1, 0.15) is 23.0 Å². The summed E-state index contributed by atoms with van der Waals surface area (Å²) in [7, 11) is 1.50. The lowest BCUT2D eigenvalue weighted by atomic mass is 9.78. The van der Waals surface area contributed by atoms with Gasteiger partial charge >= 0.3 is 30.2 Å². The Morgan fingerprint density at radius 1 is 0.375 bits per heavy atom. The van der Waals surface area contributed by atoms with Crippen LogP contribution in [0.1, 0.15) is 202 Å². The number of aryl methyl sites for hydroxylation is 3. The smallest absolute Gasteiger partial charge is 0.321 e. The zero-order chi connectivity index (χ0) is 94.1. The van der Waals surface area contributed by atoms with Gasteiger partial charge < -0.3 is 63.9 Å². The summed E-state index contributed by atoms with van der Waals surface area (Å²) in [5.74, 6) is 0.639. The van der Waals surface area contributed by atoms with Crippen LogP contribution in [0.2, 0.25) is 0 Å². The first-order valence-corrected chi connectivity index (χ1v) is 42.6. The molecule has 0 bridgehead atoms. The molecule has 19 N–H and O–H groups in total. The summed E-state index contributed by atoms with van der Waals surface area (Å²) in [5, 5.41) is 26.4. The van der Waals surface area contributed by atoms with Gasteiger partial charge in [0.15, 0.2) is 0 Å². The molecule has 9 aromatic rings. The molecule has 5 heterocycles. The van der Waals surface area contributed by atoms with Crippen LogP contribution in [0, 0.1) is 20.8 Å². The number of urea groups is 5. The molecule has 0 saturated carbocycles. The van der Waals surface area contributed by atoms with Crippen molar-refractivity contribution < 1.29 is 57.4 Å². The highest BCUT2D eigenvalue weighted by Crippen LogP contribution is 2.38. The van der Waals surface area contributed by atoms with E-state index >= 15 is 0 Å². The third-order valence-corrected chi connectivity index (χ3v) is 18.5. The van der Waals surface area contributed by atoms with E-state index in [2.05, 4.69) is 108 Å². The van der Waals surface area contributed by atoms with Crippen LogP contribution in [-0.4, -0.2) is 149 Å². The van der Waals surface area contributed by atoms with E-state index in [1.807, 2.05) is 90.1 Å². The molecule has 0 radical (unpaired) electrons. The molecule has 128 heavy (non-hydrogen) atoms. The number of isocyanates is 1. The number of carbonyl (C=O) groups excluding carboxylic acids is 10. The van der Waals surface area contributed by atoms with Crippen LogP contribution < -0.4 is 106 Å². The number of amides is 14. The number of aromatic amines is 3. The molecule has 11 rings (SSSR count). The minimum Gasteiger partial charge on any atom is -0.457 e. The van der Waals surface area contributed by atoms with Crippen molar-refractivity contribution in [2.45, 2.75) is 159 Å². The monoisotopic (exact) mass is 1760 g/mol. The molecular formula is C91H120N22O15. The first-order chi connectivity index (χ1) is 61.7. The van der Waals surface area contributed by atoms with Crippen molar-refractivity contribution in [1.29, 1.82) is 0 Å². The number of benzene rings is 6. The average Bonchev–Trinajstić information content (AvgIpc) is 1.63. The Morgan fingerprint density at radius 2 is 0.664 bits per heavy atom. The highest BCUT2D eigenvalue weighted by atomic mass is 16.5. The van der Waals surface area contributed by atoms with Gasteiger partial charge in [-0.05, 0) is 175 Å². The summed E-state index contributed by atoms with van der Waals surface area (Å²) in [5.41, 5.74) is 21.4. The van der Waals surface area contributed by atoms with E-state index < -0.39 is 41.7 Å². The van der Waals surface area contributed by atoms with Gasteiger partial charge in [-0.25, -0.2) is 58.5 Å². The van der Waals surface area contributed by atoms with Crippen LogP contribution in [0.15, 0.2) is 171 Å². The number of carbonyl (C=O) groups is 9. The van der Waals surface area contributed by atoms with Crippen molar-refractivity contribution in [3.63, 3.8) is 0 Å². The summed E-state index contributed by atoms with van der Waals surface area (Å²) in [4.78, 5) is 181. The molecular weight excluding hydrogens is 1640 g/mol. The van der Waals surface area contributed by atoms with Crippen LogP contribution in [0.25, 0.3) is 0 Å². The SMILES string of the molecule is CC.CC.CC.CC(C)(c1ccc(Oc2ccc3c(c2)C(=O)N(c2cccc(N)c2)C3=O)cc1)c1ccc(Oc2ccc3c(c2)C(=O)N(c2cccc(N)c2)C3=O)cc1.CN.Cc1cc(=O)[nH]c(NC(=O)NCCCCCCN=C=O)n1.Cc1cc(=O)[nH]c(NC(=O)NCCCCCCNC(=O)NCCNC(=O)NCCCCCCNC(=O)Nc2nc(C)cc(=O)[nH]2)n1. The van der Waals surface area contributed by atoms with E-state index in [0.717, 1.165) is 98.0 Å². The predicted octanol–water partition coefficient (Wildman–Crippen LogP) is 13.2. The van der Waals surface area contributed by atoms with Gasteiger partial charge in [0.2, 0.25) is 23.9 Å². The van der Waals surface area contributed by atoms with E-state index in [1.54, 1.807) is 106 Å². The van der Waals surface area contributed by atoms with Crippen molar-refractivity contribution in [2.75, 3.05) is 96.6 Å². The highest BCUT2D eigenvalue weighted by Gasteiger charge is 2.39. The number of imide groups is 2. The summed E-state index contributed by atoms with van der Waals surface area (Å²) in [6.45, 7) is 24.8. The number of nitrogens with two attached hydrogens (primary N) is 3. The molecule has 3 aromatic heterocycles. The van der Waals surface area contributed by atoms with Crippen molar-refractivity contribution in [3.8, 4) is 23.0 Å². The minimum atomic E-state index is -0.445. The molecule has 6 aromatic carbocycles. The molecule has 0 fully saturated rings. The molecule has 0 spiro atoms. The molecule has 2 aliphatic rings. The number of hydrogen-bond donors (Lipinski definition) is 16. The topological polar surface area (TPSA) is 544 Å². The Kier molecular flexibility index (Phi) is 44.9. The summed E-state index contributed by atoms with van der Waals surface area (Å²) >= 11 is 0. The fraction of sp³-hybridized carbons (Fsp3) is 0.363. The number of aliphatic imine (C=N–C) groups is 1. The molecule has 0 atom stereocenters. The Labute approximate surface area is 743 Å². The Morgan fingerprint density at radius 3 is 0.969 bits per heavy atom. The lowest BCUT2D eigenvalue weighted by Gasteiger charge is -2.26. The largest absolute Gasteiger partial charge is 0.457 e. The van der Waals surface area contributed by atoms with Crippen molar-refractivity contribution in [1.82, 2.24) is 67.1 Å². The van der Waals surface area contributed by atoms with Crippen molar-refractivity contribution in [2.24, 2.45) is 10.7 Å². The zero-order valence-electron chi connectivity index (χ0n) is 74.6. The molecule has 37 nitrogen and oxygen atoms in total. The second-order valence-electron chi connectivity index (χ2n) is 28.3. The van der Waals surface area contributed by atoms with Crippen LogP contribution in [0.5, 0.6) is 23.0 Å². The van der Waals surface area contributed by atoms with Gasteiger partial charge in [-0.3, -0.25) is 64.5 Å². The third kappa shape index (κ3) is 34.3. The fourth-order valence-electron chi connectivity index (χ4n) is 12.5. The lowest BCUT2D eigenvalue weighted by molar-refractivity contribution is 0.0910. The van der Waals surface area contributed by atoms with Crippen molar-refractivity contribution >= 4 is 100 Å². The number of anilines is 7. The van der Waals surface area contributed by atoms with Crippen LogP contribution in [0.3, 0.4) is 0 Å². The molecule has 2 aliphatic heterocycles. The van der Waals surface area contributed by atoms with Gasteiger partial charge in [0, 0.05) is 97.9 Å². The standard InChI is InChI=1S/C43H32N4O6.C28H46N12O6.C13H19N5O3.3C2H6.CH5N/c1-43(2,25-9-13-31(14-10-25)52-33-17-19-35-37(23-33)41(50)46(39(35)48)29-7-3-5-27(44)21-29)26-11-15-32(16-12-26)53-34-18-20-36-38(24-34)42(51)47(40(36)49)30-8-4-6-28(45)22-30;1-19-17-21(41)37-23(35-19)39-27(45)31-13-9-5-3-7-11-29-25(43)33-15-16-34-26(44)30-12-8-4-6-10-14-32-28(46)40-24-36-20(2)18-22(42)38-24;1-10-8-11(20)17-12(16-10)18-13(21)15-7-5-3-2-4-6-14-9-19;4*1-2/h3-24H,44-45H2,1-2H3;17-18H,3-16H2,1-2H3,(H2,29,33,43)(H2,30,34,44)(H3,31,35,37,39,41,45)(H3,32,36,38,40,42,46);8H,2-7H2,1H3,(H3,15,16,17,18,20,21);3*1-2H3;2H2,1H3. The van der Waals surface area contributed by atoms with E-state index in [1.165, 1.54) is 31.3 Å².